The van der Waals surface area contributed by atoms with Crippen LogP contribution in [0.5, 0.6) is 0 Å². The average Bonchev–Trinajstić information content (AvgIpc) is 2.30. The number of piperidine rings is 1. The summed E-state index contributed by atoms with van der Waals surface area (Å²) in [6.45, 7) is 1.97. The van der Waals surface area contributed by atoms with Gasteiger partial charge in [-0.05, 0) is 49.5 Å². The van der Waals surface area contributed by atoms with E-state index in [1.165, 1.54) is 12.1 Å². The molecule has 0 aliphatic carbocycles. The minimum atomic E-state index is -1.11. The van der Waals surface area contributed by atoms with Crippen molar-refractivity contribution < 1.29 is 8.60 Å². The fraction of sp³-hybridized carbons (Fsp3) is 0.500. The van der Waals surface area contributed by atoms with Gasteiger partial charge in [-0.15, -0.1) is 0 Å². The Morgan fingerprint density at radius 2 is 2.06 bits per heavy atom. The largest absolute Gasteiger partial charge is 0.317 e. The summed E-state index contributed by atoms with van der Waals surface area (Å²) in [6, 6.07) is 4.67. The Kier molecular flexibility index (Phi) is 3.71. The molecule has 1 saturated heterocycles. The van der Waals surface area contributed by atoms with Gasteiger partial charge in [-0.1, -0.05) is 6.07 Å². The molecule has 0 bridgehead atoms. The fourth-order valence-electron chi connectivity index (χ4n) is 2.23. The molecule has 0 saturated carbocycles. The highest BCUT2D eigenvalue weighted by atomic mass is 32.2. The van der Waals surface area contributed by atoms with Crippen molar-refractivity contribution in [2.24, 2.45) is 0 Å². The highest BCUT2D eigenvalue weighted by molar-refractivity contribution is 7.84. The SMILES string of the molecule is C[S@@](=O)c1cc(F)ccc1C1CCNCC1. The Hall–Kier alpha value is -0.740. The smallest absolute Gasteiger partial charge is 0.124 e. The van der Waals surface area contributed by atoms with Crippen molar-refractivity contribution in [1.29, 1.82) is 0 Å². The monoisotopic (exact) mass is 241 g/mol. The first-order valence-corrected chi connectivity index (χ1v) is 7.08. The van der Waals surface area contributed by atoms with Gasteiger partial charge in [0.1, 0.15) is 5.82 Å². The van der Waals surface area contributed by atoms with Gasteiger partial charge in [-0.25, -0.2) is 4.39 Å². The molecule has 1 heterocycles. The standard InChI is InChI=1S/C12H16FNOS/c1-16(15)12-8-10(13)2-3-11(12)9-4-6-14-7-5-9/h2-3,8-9,14H,4-7H2,1H3/t16-/m1/s1. The second-order valence-corrected chi connectivity index (χ2v) is 5.51. The van der Waals surface area contributed by atoms with E-state index >= 15 is 0 Å². The molecule has 16 heavy (non-hydrogen) atoms. The third-order valence-corrected chi connectivity index (χ3v) is 4.04. The van der Waals surface area contributed by atoms with Crippen LogP contribution in [0.3, 0.4) is 0 Å². The number of hydrogen-bond acceptors (Lipinski definition) is 2. The molecular formula is C12H16FNOS. The minimum Gasteiger partial charge on any atom is -0.317 e. The van der Waals surface area contributed by atoms with Gasteiger partial charge in [-0.2, -0.15) is 0 Å². The van der Waals surface area contributed by atoms with E-state index in [1.807, 2.05) is 0 Å². The summed E-state index contributed by atoms with van der Waals surface area (Å²) in [7, 11) is -1.11. The van der Waals surface area contributed by atoms with Gasteiger partial charge in [-0.3, -0.25) is 4.21 Å². The Morgan fingerprint density at radius 1 is 1.38 bits per heavy atom. The molecule has 0 radical (unpaired) electrons. The average molecular weight is 241 g/mol. The summed E-state index contributed by atoms with van der Waals surface area (Å²) >= 11 is 0. The second-order valence-electron chi connectivity index (χ2n) is 4.16. The molecule has 1 N–H and O–H groups in total. The minimum absolute atomic E-state index is 0.303. The quantitative estimate of drug-likeness (QED) is 0.858. The number of rotatable bonds is 2. The summed E-state index contributed by atoms with van der Waals surface area (Å²) in [5.41, 5.74) is 1.06. The van der Waals surface area contributed by atoms with Gasteiger partial charge in [0.2, 0.25) is 0 Å². The topological polar surface area (TPSA) is 29.1 Å². The maximum atomic E-state index is 13.1. The van der Waals surface area contributed by atoms with Gasteiger partial charge >= 0.3 is 0 Å². The van der Waals surface area contributed by atoms with Crippen LogP contribution in [0.15, 0.2) is 23.1 Å². The molecule has 1 aliphatic heterocycles. The van der Waals surface area contributed by atoms with E-state index in [0.29, 0.717) is 10.8 Å². The molecule has 2 nitrogen and oxygen atoms in total. The highest BCUT2D eigenvalue weighted by Gasteiger charge is 2.19. The molecule has 0 unspecified atom stereocenters. The third-order valence-electron chi connectivity index (χ3n) is 3.06. The lowest BCUT2D eigenvalue weighted by Crippen LogP contribution is -2.27. The van der Waals surface area contributed by atoms with Crippen molar-refractivity contribution >= 4 is 10.8 Å². The van der Waals surface area contributed by atoms with Crippen molar-refractivity contribution in [3.63, 3.8) is 0 Å². The van der Waals surface area contributed by atoms with E-state index in [2.05, 4.69) is 5.32 Å². The third kappa shape index (κ3) is 2.50. The second kappa shape index (κ2) is 5.06. The predicted molar refractivity (Wildman–Crippen MR) is 63.6 cm³/mol. The molecule has 1 aromatic rings. The normalized spacial score (nSPS) is 19.6. The van der Waals surface area contributed by atoms with Crippen LogP contribution < -0.4 is 5.32 Å². The molecule has 2 rings (SSSR count). The molecule has 88 valence electrons. The van der Waals surface area contributed by atoms with Crippen molar-refractivity contribution in [2.45, 2.75) is 23.7 Å². The van der Waals surface area contributed by atoms with E-state index in [1.54, 1.807) is 12.3 Å². The van der Waals surface area contributed by atoms with Gasteiger partial charge in [0.15, 0.2) is 0 Å². The number of benzene rings is 1. The molecule has 1 fully saturated rings. The number of halogens is 1. The van der Waals surface area contributed by atoms with Gasteiger partial charge in [0.25, 0.3) is 0 Å². The van der Waals surface area contributed by atoms with Crippen molar-refractivity contribution in [3.05, 3.63) is 29.6 Å². The van der Waals surface area contributed by atoms with Crippen molar-refractivity contribution in [1.82, 2.24) is 5.32 Å². The van der Waals surface area contributed by atoms with E-state index in [0.717, 1.165) is 31.5 Å². The maximum Gasteiger partial charge on any atom is 0.124 e. The first-order chi connectivity index (χ1) is 7.68. The van der Waals surface area contributed by atoms with Crippen LogP contribution in [0.2, 0.25) is 0 Å². The molecule has 0 spiro atoms. The Bertz CT molecular complexity index is 402. The summed E-state index contributed by atoms with van der Waals surface area (Å²) in [5.74, 6) is 0.114. The number of hydrogen-bond donors (Lipinski definition) is 1. The lowest BCUT2D eigenvalue weighted by Gasteiger charge is -2.24. The summed E-state index contributed by atoms with van der Waals surface area (Å²) in [6.07, 6.45) is 3.69. The Labute approximate surface area is 97.7 Å². The van der Waals surface area contributed by atoms with Gasteiger partial charge in [0, 0.05) is 11.2 Å². The van der Waals surface area contributed by atoms with Crippen LogP contribution in [0, 0.1) is 5.82 Å². The van der Waals surface area contributed by atoms with Crippen LogP contribution in [0.4, 0.5) is 4.39 Å². The lowest BCUT2D eigenvalue weighted by atomic mass is 9.90. The molecule has 0 amide bonds. The zero-order valence-corrected chi connectivity index (χ0v) is 10.1. The molecule has 0 aromatic heterocycles. The summed E-state index contributed by atoms with van der Waals surface area (Å²) in [5, 5.41) is 3.29. The van der Waals surface area contributed by atoms with E-state index in [4.69, 9.17) is 0 Å². The zero-order valence-electron chi connectivity index (χ0n) is 9.33. The van der Waals surface area contributed by atoms with Gasteiger partial charge in [0.05, 0.1) is 10.8 Å². The first-order valence-electron chi connectivity index (χ1n) is 5.52. The van der Waals surface area contributed by atoms with Crippen LogP contribution in [-0.4, -0.2) is 23.6 Å². The molecule has 4 heteroatoms. The van der Waals surface area contributed by atoms with E-state index in [9.17, 15) is 8.60 Å². The van der Waals surface area contributed by atoms with Crippen LogP contribution in [0.1, 0.15) is 24.3 Å². The summed E-state index contributed by atoms with van der Waals surface area (Å²) < 4.78 is 24.7. The van der Waals surface area contributed by atoms with Crippen LogP contribution in [0.25, 0.3) is 0 Å². The first kappa shape index (κ1) is 11.7. The lowest BCUT2D eigenvalue weighted by molar-refractivity contribution is 0.455. The van der Waals surface area contributed by atoms with E-state index < -0.39 is 10.8 Å². The Morgan fingerprint density at radius 3 is 2.69 bits per heavy atom. The zero-order chi connectivity index (χ0) is 11.5. The van der Waals surface area contributed by atoms with Gasteiger partial charge < -0.3 is 5.32 Å². The Balaban J connectivity index is 2.34. The van der Waals surface area contributed by atoms with Crippen molar-refractivity contribution in [3.8, 4) is 0 Å². The fourth-order valence-corrected chi connectivity index (χ4v) is 3.07. The van der Waals surface area contributed by atoms with Crippen LogP contribution in [-0.2, 0) is 10.8 Å². The molecule has 1 atom stereocenters. The van der Waals surface area contributed by atoms with Crippen LogP contribution >= 0.6 is 0 Å². The summed E-state index contributed by atoms with van der Waals surface area (Å²) in [4.78, 5) is 0.659. The molecule has 1 aliphatic rings. The van der Waals surface area contributed by atoms with Crippen molar-refractivity contribution in [2.75, 3.05) is 19.3 Å². The maximum absolute atomic E-state index is 13.1. The molecule has 1 aromatic carbocycles. The predicted octanol–water partition coefficient (Wildman–Crippen LogP) is 2.03. The molecular weight excluding hydrogens is 225 g/mol. The highest BCUT2D eigenvalue weighted by Crippen LogP contribution is 2.30. The number of nitrogens with one attached hydrogen (secondary N) is 1. The van der Waals surface area contributed by atoms with E-state index in [-0.39, 0.29) is 5.82 Å².